The lowest BCUT2D eigenvalue weighted by atomic mass is 9.82. The summed E-state index contributed by atoms with van der Waals surface area (Å²) in [7, 11) is -3.47. The Morgan fingerprint density at radius 1 is 0.862 bits per heavy atom. The van der Waals surface area contributed by atoms with E-state index < -0.39 is 10.0 Å². The highest BCUT2D eigenvalue weighted by atomic mass is 32.2. The van der Waals surface area contributed by atoms with Crippen molar-refractivity contribution in [2.45, 2.75) is 89.1 Å². The maximum atomic E-state index is 12.1. The Hall–Kier alpha value is -1.69. The summed E-state index contributed by atoms with van der Waals surface area (Å²) in [5.74, 6) is 1.60. The highest BCUT2D eigenvalue weighted by Crippen LogP contribution is 2.39. The molecule has 2 aliphatic carbocycles. The Balaban J connectivity index is 1.76. The van der Waals surface area contributed by atoms with Crippen LogP contribution in [0.25, 0.3) is 0 Å². The van der Waals surface area contributed by atoms with Gasteiger partial charge in [-0.2, -0.15) is 0 Å². The van der Waals surface area contributed by atoms with Gasteiger partial charge in [0.1, 0.15) is 17.6 Å². The monoisotopic (exact) mass is 415 g/mol. The number of aliphatic imine (C=N–C) groups is 1. The summed E-state index contributed by atoms with van der Waals surface area (Å²) >= 11 is 0. The molecule has 0 spiro atoms. The van der Waals surface area contributed by atoms with E-state index in [1.54, 1.807) is 0 Å². The van der Waals surface area contributed by atoms with Gasteiger partial charge in [0.2, 0.25) is 0 Å². The smallest absolute Gasteiger partial charge is 0.251 e. The predicted octanol–water partition coefficient (Wildman–Crippen LogP) is 4.82. The molecule has 158 valence electrons. The fourth-order valence-electron chi connectivity index (χ4n) is 5.02. The van der Waals surface area contributed by atoms with Crippen molar-refractivity contribution in [3.8, 4) is 0 Å². The highest BCUT2D eigenvalue weighted by Gasteiger charge is 2.47. The molecule has 1 aliphatic heterocycles. The van der Waals surface area contributed by atoms with Crippen LogP contribution in [0.3, 0.4) is 0 Å². The summed E-state index contributed by atoms with van der Waals surface area (Å²) in [4.78, 5) is 7.42. The third-order valence-corrected chi connectivity index (χ3v) is 7.03. The number of likely N-dealkylation sites (tertiary alicyclic amines) is 1. The van der Waals surface area contributed by atoms with Gasteiger partial charge < -0.3 is 4.90 Å². The van der Waals surface area contributed by atoms with Gasteiger partial charge in [-0.05, 0) is 38.2 Å². The van der Waals surface area contributed by atoms with E-state index in [9.17, 15) is 8.42 Å². The minimum Gasteiger partial charge on any atom is -0.313 e. The van der Waals surface area contributed by atoms with Crippen LogP contribution in [-0.4, -0.2) is 43.3 Å². The van der Waals surface area contributed by atoms with Crippen LogP contribution in [-0.2, 0) is 10.0 Å². The van der Waals surface area contributed by atoms with E-state index in [-0.39, 0.29) is 5.92 Å². The summed E-state index contributed by atoms with van der Waals surface area (Å²) < 4.78 is 28.5. The fraction of sp³-hybridized carbons (Fsp3) is 0.652. The lowest BCUT2D eigenvalue weighted by Gasteiger charge is -2.49. The molecule has 6 heteroatoms. The highest BCUT2D eigenvalue weighted by molar-refractivity contribution is 7.89. The topological polar surface area (TPSA) is 62.1 Å². The fourth-order valence-corrected chi connectivity index (χ4v) is 5.55. The van der Waals surface area contributed by atoms with E-state index in [1.165, 1.54) is 50.3 Å². The molecule has 29 heavy (non-hydrogen) atoms. The second kappa shape index (κ2) is 8.58. The van der Waals surface area contributed by atoms with Gasteiger partial charge in [-0.15, -0.1) is 4.40 Å². The molecule has 0 amide bonds. The number of amidine groups is 2. The van der Waals surface area contributed by atoms with Crippen LogP contribution in [0.5, 0.6) is 0 Å². The first kappa shape index (κ1) is 20.6. The summed E-state index contributed by atoms with van der Waals surface area (Å²) in [6.07, 6.45) is 13.1. The van der Waals surface area contributed by atoms with Gasteiger partial charge in [0.25, 0.3) is 10.0 Å². The van der Waals surface area contributed by atoms with Crippen molar-refractivity contribution in [3.63, 3.8) is 0 Å². The molecule has 5 nitrogen and oxygen atoms in total. The molecule has 0 bridgehead atoms. The number of benzene rings is 1. The number of nitrogens with zero attached hydrogens (tertiary/aromatic N) is 3. The second-order valence-electron chi connectivity index (χ2n) is 8.97. The first-order valence-corrected chi connectivity index (χ1v) is 13.0. The minimum absolute atomic E-state index is 0.130. The standard InChI is InChI=1S/C23H33N3O2S/c1-17-13-15-18(16-14-17)21-22(24-19-9-5-3-6-10-19)26(20-11-7-4-8-12-20)23(21)25-29(2,27)28/h13-16,19-21H,3-12H2,1-2H3/b24-22?,25-23+. The molecule has 0 aromatic heterocycles. The van der Waals surface area contributed by atoms with Crippen molar-refractivity contribution in [2.75, 3.05) is 6.26 Å². The van der Waals surface area contributed by atoms with Crippen LogP contribution in [0.1, 0.15) is 81.3 Å². The minimum atomic E-state index is -3.47. The van der Waals surface area contributed by atoms with Gasteiger partial charge in [0.15, 0.2) is 0 Å². The van der Waals surface area contributed by atoms with Crippen LogP contribution in [0.4, 0.5) is 0 Å². The largest absolute Gasteiger partial charge is 0.313 e. The Kier molecular flexibility index (Phi) is 6.09. The maximum absolute atomic E-state index is 12.1. The van der Waals surface area contributed by atoms with Crippen LogP contribution in [0.15, 0.2) is 33.7 Å². The molecule has 3 fully saturated rings. The van der Waals surface area contributed by atoms with Crippen LogP contribution < -0.4 is 0 Å². The van der Waals surface area contributed by atoms with Gasteiger partial charge in [0, 0.05) is 6.04 Å². The molecule has 3 aliphatic rings. The average Bonchev–Trinajstić information content (AvgIpc) is 2.69. The SMILES string of the molecule is Cc1ccc(C2C(=NC3CCCCC3)N(C3CCCCC3)/C2=N/S(C)(=O)=O)cc1. The predicted molar refractivity (Wildman–Crippen MR) is 119 cm³/mol. The maximum Gasteiger partial charge on any atom is 0.251 e. The van der Waals surface area contributed by atoms with Gasteiger partial charge in [-0.25, -0.2) is 8.42 Å². The molecule has 1 aromatic carbocycles. The average molecular weight is 416 g/mol. The Morgan fingerprint density at radius 2 is 1.45 bits per heavy atom. The van der Waals surface area contributed by atoms with Crippen molar-refractivity contribution in [1.82, 2.24) is 4.90 Å². The zero-order valence-corrected chi connectivity index (χ0v) is 18.5. The van der Waals surface area contributed by atoms with E-state index in [0.717, 1.165) is 37.1 Å². The number of sulfonamides is 1. The normalized spacial score (nSPS) is 27.4. The molecule has 1 unspecified atom stereocenters. The number of hydrogen-bond acceptors (Lipinski definition) is 3. The number of hydrogen-bond donors (Lipinski definition) is 0. The molecule has 1 saturated heterocycles. The van der Waals surface area contributed by atoms with E-state index in [4.69, 9.17) is 4.99 Å². The van der Waals surface area contributed by atoms with Crippen LogP contribution in [0, 0.1) is 6.92 Å². The molecule has 0 N–H and O–H groups in total. The quantitative estimate of drug-likeness (QED) is 0.708. The third kappa shape index (κ3) is 4.73. The lowest BCUT2D eigenvalue weighted by molar-refractivity contribution is 0.293. The molecule has 1 heterocycles. The van der Waals surface area contributed by atoms with Crippen LogP contribution >= 0.6 is 0 Å². The molecule has 4 rings (SSSR count). The summed E-state index contributed by atoms with van der Waals surface area (Å²) in [5.41, 5.74) is 2.30. The third-order valence-electron chi connectivity index (χ3n) is 6.51. The molecule has 0 radical (unpaired) electrons. The van der Waals surface area contributed by atoms with E-state index in [0.29, 0.717) is 17.9 Å². The second-order valence-corrected chi connectivity index (χ2v) is 10.6. The lowest BCUT2D eigenvalue weighted by Crippen LogP contribution is -2.61. The van der Waals surface area contributed by atoms with Gasteiger partial charge in [-0.3, -0.25) is 4.99 Å². The van der Waals surface area contributed by atoms with Gasteiger partial charge in [0.05, 0.1) is 12.3 Å². The molecule has 1 aromatic rings. The first-order chi connectivity index (χ1) is 13.9. The molecular formula is C23H33N3O2S. The Labute approximate surface area is 175 Å². The van der Waals surface area contributed by atoms with Gasteiger partial charge >= 0.3 is 0 Å². The number of rotatable bonds is 4. The summed E-state index contributed by atoms with van der Waals surface area (Å²) in [5, 5.41) is 0. The van der Waals surface area contributed by atoms with E-state index >= 15 is 0 Å². The van der Waals surface area contributed by atoms with Crippen molar-refractivity contribution < 1.29 is 8.42 Å². The van der Waals surface area contributed by atoms with E-state index in [1.807, 2.05) is 0 Å². The summed E-state index contributed by atoms with van der Waals surface area (Å²) in [6, 6.07) is 9.08. The van der Waals surface area contributed by atoms with Gasteiger partial charge in [-0.1, -0.05) is 68.4 Å². The summed E-state index contributed by atoms with van der Waals surface area (Å²) in [6.45, 7) is 2.07. The molecule has 1 atom stereocenters. The first-order valence-electron chi connectivity index (χ1n) is 11.2. The van der Waals surface area contributed by atoms with Crippen molar-refractivity contribution >= 4 is 21.7 Å². The zero-order chi connectivity index (χ0) is 20.4. The van der Waals surface area contributed by atoms with Crippen molar-refractivity contribution in [3.05, 3.63) is 35.4 Å². The Bertz CT molecular complexity index is 877. The molecular weight excluding hydrogens is 382 g/mol. The van der Waals surface area contributed by atoms with Crippen molar-refractivity contribution in [2.24, 2.45) is 9.39 Å². The van der Waals surface area contributed by atoms with Crippen molar-refractivity contribution in [1.29, 1.82) is 0 Å². The van der Waals surface area contributed by atoms with Crippen LogP contribution in [0.2, 0.25) is 0 Å². The molecule has 2 saturated carbocycles. The zero-order valence-electron chi connectivity index (χ0n) is 17.7. The van der Waals surface area contributed by atoms with E-state index in [2.05, 4.69) is 40.5 Å². The number of aryl methyl sites for hydroxylation is 1. The Morgan fingerprint density at radius 3 is 2.03 bits per heavy atom.